The zero-order valence-corrected chi connectivity index (χ0v) is 12.6. The van der Waals surface area contributed by atoms with Gasteiger partial charge in [0.2, 0.25) is 10.0 Å². The Kier molecular flexibility index (Phi) is 5.48. The van der Waals surface area contributed by atoms with Gasteiger partial charge in [0.15, 0.2) is 0 Å². The molecule has 1 heterocycles. The van der Waals surface area contributed by atoms with Crippen molar-refractivity contribution in [2.24, 2.45) is 7.05 Å². The molecule has 0 aromatic carbocycles. The summed E-state index contributed by atoms with van der Waals surface area (Å²) in [6.45, 7) is 6.23. The molecule has 19 heavy (non-hydrogen) atoms. The summed E-state index contributed by atoms with van der Waals surface area (Å²) in [5.41, 5.74) is 1.10. The maximum absolute atomic E-state index is 12.1. The summed E-state index contributed by atoms with van der Waals surface area (Å²) in [5, 5.41) is 16.1. The van der Waals surface area contributed by atoms with Crippen LogP contribution >= 0.6 is 0 Å². The Labute approximate surface area is 114 Å². The summed E-state index contributed by atoms with van der Waals surface area (Å²) < 4.78 is 28.4. The second kappa shape index (κ2) is 6.47. The largest absolute Gasteiger partial charge is 0.392 e. The van der Waals surface area contributed by atoms with E-state index in [4.69, 9.17) is 5.11 Å². The number of nitrogens with zero attached hydrogens (tertiary/aromatic N) is 2. The Bertz CT molecular complexity index is 522. The molecule has 0 aliphatic carbocycles. The smallest absolute Gasteiger partial charge is 0.244 e. The number of aromatic nitrogens is 2. The summed E-state index contributed by atoms with van der Waals surface area (Å²) in [5.74, 6) is 0. The molecule has 8 heteroatoms. The first kappa shape index (κ1) is 16.1. The summed E-state index contributed by atoms with van der Waals surface area (Å²) in [7, 11) is -1.82. The van der Waals surface area contributed by atoms with Gasteiger partial charge in [-0.25, -0.2) is 13.1 Å². The molecule has 3 N–H and O–H groups in total. The zero-order valence-electron chi connectivity index (χ0n) is 11.8. The molecule has 1 atom stereocenters. The zero-order chi connectivity index (χ0) is 14.6. The number of aliphatic hydroxyl groups excluding tert-OH is 1. The first-order chi connectivity index (χ1) is 8.75. The number of nitrogens with one attached hydrogen (secondary N) is 2. The van der Waals surface area contributed by atoms with Gasteiger partial charge < -0.3 is 10.4 Å². The fourth-order valence-electron chi connectivity index (χ4n) is 1.80. The van der Waals surface area contributed by atoms with E-state index in [0.29, 0.717) is 24.5 Å². The number of rotatable bonds is 7. The summed E-state index contributed by atoms with van der Waals surface area (Å²) >= 11 is 0. The second-order valence-electron chi connectivity index (χ2n) is 4.57. The fraction of sp³-hybridized carbons (Fsp3) is 0.727. The Balaban J connectivity index is 2.62. The van der Waals surface area contributed by atoms with Crippen LogP contribution in [-0.2, 0) is 17.1 Å². The molecule has 0 aliphatic rings. The van der Waals surface area contributed by atoms with Crippen molar-refractivity contribution in [1.82, 2.24) is 19.8 Å². The topological polar surface area (TPSA) is 96.2 Å². The summed E-state index contributed by atoms with van der Waals surface area (Å²) in [6, 6.07) is 0. The number of hydrogen-bond donors (Lipinski definition) is 3. The molecule has 0 aliphatic heterocycles. The van der Waals surface area contributed by atoms with Crippen LogP contribution < -0.4 is 10.0 Å². The predicted molar refractivity (Wildman–Crippen MR) is 72.4 cm³/mol. The van der Waals surface area contributed by atoms with E-state index < -0.39 is 16.1 Å². The molecule has 0 saturated carbocycles. The fourth-order valence-corrected chi connectivity index (χ4v) is 3.27. The van der Waals surface area contributed by atoms with Crippen molar-refractivity contribution >= 4 is 10.0 Å². The standard InChI is InChI=1S/C11H22N4O3S/c1-8(16)7-12-5-6-13-19(17,18)11-9(2)14-15(4)10(11)3/h8,12-13,16H,5-7H2,1-4H3. The van der Waals surface area contributed by atoms with Gasteiger partial charge in [0.1, 0.15) is 4.90 Å². The van der Waals surface area contributed by atoms with Gasteiger partial charge in [-0.1, -0.05) is 0 Å². The van der Waals surface area contributed by atoms with Crippen LogP contribution in [-0.4, -0.2) is 49.0 Å². The van der Waals surface area contributed by atoms with E-state index in [1.54, 1.807) is 32.5 Å². The van der Waals surface area contributed by atoms with E-state index in [9.17, 15) is 8.42 Å². The summed E-state index contributed by atoms with van der Waals surface area (Å²) in [6.07, 6.45) is -0.445. The molecule has 110 valence electrons. The molecule has 0 amide bonds. The Hall–Kier alpha value is -0.960. The molecule has 0 spiro atoms. The normalized spacial score (nSPS) is 13.7. The molecule has 0 fully saturated rings. The van der Waals surface area contributed by atoms with Crippen molar-refractivity contribution in [1.29, 1.82) is 0 Å². The van der Waals surface area contributed by atoms with Gasteiger partial charge in [-0.05, 0) is 20.8 Å². The average molecular weight is 290 g/mol. The minimum absolute atomic E-state index is 0.241. The van der Waals surface area contributed by atoms with E-state index in [-0.39, 0.29) is 11.4 Å². The van der Waals surface area contributed by atoms with Gasteiger partial charge >= 0.3 is 0 Å². The van der Waals surface area contributed by atoms with Gasteiger partial charge in [-0.3, -0.25) is 4.68 Å². The number of aliphatic hydroxyl groups is 1. The van der Waals surface area contributed by atoms with Crippen LogP contribution in [0.25, 0.3) is 0 Å². The molecule has 1 unspecified atom stereocenters. The van der Waals surface area contributed by atoms with Gasteiger partial charge in [-0.15, -0.1) is 0 Å². The van der Waals surface area contributed by atoms with Crippen molar-refractivity contribution in [2.45, 2.75) is 31.8 Å². The molecular formula is C11H22N4O3S. The van der Waals surface area contributed by atoms with Gasteiger partial charge in [0.25, 0.3) is 0 Å². The van der Waals surface area contributed by atoms with Crippen molar-refractivity contribution in [3.8, 4) is 0 Å². The van der Waals surface area contributed by atoms with E-state index in [0.717, 1.165) is 0 Å². The van der Waals surface area contributed by atoms with Crippen LogP contribution in [0.15, 0.2) is 4.90 Å². The third-order valence-corrected chi connectivity index (χ3v) is 4.46. The van der Waals surface area contributed by atoms with E-state index in [1.165, 1.54) is 0 Å². The lowest BCUT2D eigenvalue weighted by Crippen LogP contribution is -2.34. The molecule has 0 bridgehead atoms. The number of hydrogen-bond acceptors (Lipinski definition) is 5. The van der Waals surface area contributed by atoms with Crippen molar-refractivity contribution < 1.29 is 13.5 Å². The first-order valence-electron chi connectivity index (χ1n) is 6.14. The van der Waals surface area contributed by atoms with Gasteiger partial charge in [0, 0.05) is 26.7 Å². The SMILES string of the molecule is Cc1nn(C)c(C)c1S(=O)(=O)NCCNCC(C)O. The second-order valence-corrected chi connectivity index (χ2v) is 6.28. The third-order valence-electron chi connectivity index (χ3n) is 2.74. The van der Waals surface area contributed by atoms with E-state index >= 15 is 0 Å². The van der Waals surface area contributed by atoms with Crippen LogP contribution in [0, 0.1) is 13.8 Å². The minimum atomic E-state index is -3.54. The monoisotopic (exact) mass is 290 g/mol. The highest BCUT2D eigenvalue weighted by molar-refractivity contribution is 7.89. The van der Waals surface area contributed by atoms with Gasteiger partial charge in [-0.2, -0.15) is 5.10 Å². The highest BCUT2D eigenvalue weighted by Gasteiger charge is 2.22. The molecule has 1 aromatic heterocycles. The highest BCUT2D eigenvalue weighted by atomic mass is 32.2. The van der Waals surface area contributed by atoms with Crippen LogP contribution in [0.1, 0.15) is 18.3 Å². The average Bonchev–Trinajstić information content (AvgIpc) is 2.52. The Morgan fingerprint density at radius 2 is 2.00 bits per heavy atom. The van der Waals surface area contributed by atoms with Crippen LogP contribution in [0.5, 0.6) is 0 Å². The van der Waals surface area contributed by atoms with Crippen LogP contribution in [0.2, 0.25) is 0 Å². The molecule has 0 radical (unpaired) electrons. The van der Waals surface area contributed by atoms with Crippen molar-refractivity contribution in [2.75, 3.05) is 19.6 Å². The lowest BCUT2D eigenvalue weighted by atomic mass is 10.4. The molecule has 1 rings (SSSR count). The van der Waals surface area contributed by atoms with Gasteiger partial charge in [0.05, 0.1) is 17.5 Å². The summed E-state index contributed by atoms with van der Waals surface area (Å²) in [4.78, 5) is 0.241. The first-order valence-corrected chi connectivity index (χ1v) is 7.62. The Morgan fingerprint density at radius 1 is 1.37 bits per heavy atom. The Morgan fingerprint density at radius 3 is 2.47 bits per heavy atom. The molecule has 7 nitrogen and oxygen atoms in total. The maximum atomic E-state index is 12.1. The van der Waals surface area contributed by atoms with E-state index in [1.807, 2.05) is 0 Å². The van der Waals surface area contributed by atoms with E-state index in [2.05, 4.69) is 15.1 Å². The number of aryl methyl sites for hydroxylation is 2. The molecule has 1 aromatic rings. The van der Waals surface area contributed by atoms with Crippen LogP contribution in [0.4, 0.5) is 0 Å². The minimum Gasteiger partial charge on any atom is -0.392 e. The quantitative estimate of drug-likeness (QED) is 0.576. The predicted octanol–water partition coefficient (Wildman–Crippen LogP) is -0.714. The lowest BCUT2D eigenvalue weighted by Gasteiger charge is -2.09. The lowest BCUT2D eigenvalue weighted by molar-refractivity contribution is 0.192. The third kappa shape index (κ3) is 4.27. The van der Waals surface area contributed by atoms with Crippen molar-refractivity contribution in [3.05, 3.63) is 11.4 Å². The highest BCUT2D eigenvalue weighted by Crippen LogP contribution is 2.17. The van der Waals surface area contributed by atoms with Crippen LogP contribution in [0.3, 0.4) is 0 Å². The molecule has 0 saturated heterocycles. The molecular weight excluding hydrogens is 268 g/mol. The maximum Gasteiger partial charge on any atom is 0.244 e. The van der Waals surface area contributed by atoms with Crippen molar-refractivity contribution in [3.63, 3.8) is 0 Å². The number of sulfonamides is 1.